The number of carbonyl (C=O) groups is 3. The number of amides is 2. The predicted molar refractivity (Wildman–Crippen MR) is 212 cm³/mol. The van der Waals surface area contributed by atoms with E-state index in [0.717, 1.165) is 5.01 Å². The van der Waals surface area contributed by atoms with Gasteiger partial charge < -0.3 is 19.4 Å². The standard InChI is InChI=1S/C43H48F5N7O5/c1-23(2)35(52(5)6)39(56)50-31-18-25-16-26(19-27(17-25)38(44)45)32-12-13-33-37-29(36(53(33)21-43(46,47)48)28-10-8-14-49-34(28)24(3)59-7)20-42(4,55(32)37)22-60-41(58)30-11-9-15-54(51-30)40(31)57/h8,10,12-14,16-17,19,23-24,31,35,38H,9,11,15,18,20-22H2,1-7H3/p+1. The number of rotatable bonds is 9. The fraction of sp³-hybridized carbons (Fsp3) is 0.488. The molecular formula is C43H49F5N7O5+. The van der Waals surface area contributed by atoms with E-state index in [9.17, 15) is 36.3 Å². The number of aromatic nitrogens is 3. The number of cyclic esters (lactones) is 1. The summed E-state index contributed by atoms with van der Waals surface area (Å²) in [6, 6.07) is 8.80. The van der Waals surface area contributed by atoms with Crippen LogP contribution in [0, 0.1) is 5.92 Å². The van der Waals surface area contributed by atoms with E-state index in [1.165, 1.54) is 30.0 Å². The normalized spacial score (nSPS) is 20.6. The highest BCUT2D eigenvalue weighted by Gasteiger charge is 2.51. The lowest BCUT2D eigenvalue weighted by molar-refractivity contribution is -0.722. The highest BCUT2D eigenvalue weighted by atomic mass is 19.4. The Bertz CT molecular complexity index is 2370. The number of methoxy groups -OCH3 is 1. The summed E-state index contributed by atoms with van der Waals surface area (Å²) in [6.07, 6.45) is -6.20. The second kappa shape index (κ2) is 16.3. The van der Waals surface area contributed by atoms with Crippen LogP contribution in [0.1, 0.15) is 75.5 Å². The quantitative estimate of drug-likeness (QED) is 0.120. The summed E-state index contributed by atoms with van der Waals surface area (Å²) in [5, 5.41) is 8.39. The van der Waals surface area contributed by atoms with Gasteiger partial charge in [0.1, 0.15) is 23.8 Å². The van der Waals surface area contributed by atoms with Gasteiger partial charge in [-0.15, -0.1) is 0 Å². The first-order valence-corrected chi connectivity index (χ1v) is 19.9. The summed E-state index contributed by atoms with van der Waals surface area (Å²) in [6.45, 7) is 5.80. The first kappa shape index (κ1) is 42.8. The van der Waals surface area contributed by atoms with Gasteiger partial charge in [-0.1, -0.05) is 13.8 Å². The average Bonchev–Trinajstić information content (AvgIpc) is 3.65. The molecule has 0 aliphatic carbocycles. The van der Waals surface area contributed by atoms with Gasteiger partial charge in [0.05, 0.1) is 29.1 Å². The fourth-order valence-electron chi connectivity index (χ4n) is 9.05. The largest absolute Gasteiger partial charge is 0.454 e. The van der Waals surface area contributed by atoms with Crippen LogP contribution >= 0.6 is 0 Å². The van der Waals surface area contributed by atoms with E-state index in [-0.39, 0.29) is 66.4 Å². The molecule has 4 bridgehead atoms. The van der Waals surface area contributed by atoms with Crippen molar-refractivity contribution in [2.45, 2.75) is 96.3 Å². The lowest BCUT2D eigenvalue weighted by atomic mass is 9.93. The van der Waals surface area contributed by atoms with Crippen LogP contribution in [0.5, 0.6) is 0 Å². The Labute approximate surface area is 344 Å². The number of benzene rings is 1. The Morgan fingerprint density at radius 3 is 2.55 bits per heavy atom. The molecular weight excluding hydrogens is 790 g/mol. The lowest BCUT2D eigenvalue weighted by Crippen LogP contribution is -2.57. The lowest BCUT2D eigenvalue weighted by Gasteiger charge is -2.31. The zero-order chi connectivity index (χ0) is 43.4. The van der Waals surface area contributed by atoms with Gasteiger partial charge in [0.15, 0.2) is 6.61 Å². The summed E-state index contributed by atoms with van der Waals surface area (Å²) >= 11 is 0. The summed E-state index contributed by atoms with van der Waals surface area (Å²) in [4.78, 5) is 48.2. The van der Waals surface area contributed by atoms with E-state index in [2.05, 4.69) is 15.4 Å². The molecule has 12 nitrogen and oxygen atoms in total. The molecule has 0 spiro atoms. The van der Waals surface area contributed by atoms with Crippen molar-refractivity contribution in [3.05, 3.63) is 71.0 Å². The minimum atomic E-state index is -4.64. The molecule has 1 aromatic carbocycles. The zero-order valence-electron chi connectivity index (χ0n) is 34.6. The molecule has 4 unspecified atom stereocenters. The highest BCUT2D eigenvalue weighted by molar-refractivity contribution is 6.36. The van der Waals surface area contributed by atoms with Crippen molar-refractivity contribution in [1.29, 1.82) is 0 Å². The number of nitrogens with zero attached hydrogens (tertiary/aromatic N) is 6. The first-order valence-electron chi connectivity index (χ1n) is 19.9. The van der Waals surface area contributed by atoms with Crippen LogP contribution in [0.2, 0.25) is 0 Å². The Kier molecular flexibility index (Phi) is 11.6. The van der Waals surface area contributed by atoms with Gasteiger partial charge in [-0.2, -0.15) is 22.8 Å². The number of likely N-dealkylation sites (N-methyl/N-ethyl adjacent to an activating group) is 1. The zero-order valence-corrected chi connectivity index (χ0v) is 34.6. The van der Waals surface area contributed by atoms with Crippen molar-refractivity contribution >= 4 is 34.5 Å². The number of pyridine rings is 2. The second-order valence-corrected chi connectivity index (χ2v) is 16.7. The van der Waals surface area contributed by atoms with E-state index in [1.54, 1.807) is 67.7 Å². The van der Waals surface area contributed by atoms with E-state index < -0.39 is 60.7 Å². The van der Waals surface area contributed by atoms with Crippen molar-refractivity contribution in [1.82, 2.24) is 24.8 Å². The number of esters is 1. The molecule has 3 aliphatic rings. The maximum Gasteiger partial charge on any atom is 0.406 e. The second-order valence-electron chi connectivity index (χ2n) is 16.7. The van der Waals surface area contributed by atoms with E-state index in [4.69, 9.17) is 9.47 Å². The monoisotopic (exact) mass is 838 g/mol. The van der Waals surface area contributed by atoms with Crippen LogP contribution in [0.25, 0.3) is 33.5 Å². The number of alkyl halides is 5. The number of hydrogen-bond acceptors (Lipinski definition) is 8. The van der Waals surface area contributed by atoms with Crippen LogP contribution in [0.15, 0.2) is 53.8 Å². The Hall–Kier alpha value is -5.29. The van der Waals surface area contributed by atoms with Crippen molar-refractivity contribution in [2.24, 2.45) is 11.0 Å². The maximum absolute atomic E-state index is 14.9. The molecule has 7 rings (SSSR count). The molecule has 4 aromatic rings. The minimum absolute atomic E-state index is 0.0160. The van der Waals surface area contributed by atoms with Crippen molar-refractivity contribution < 1.29 is 50.4 Å². The Balaban J connectivity index is 1.49. The topological polar surface area (TPSA) is 122 Å². The Morgan fingerprint density at radius 1 is 1.13 bits per heavy atom. The number of hydrazone groups is 1. The number of fused-ring (bicyclic) bond motifs is 4. The molecule has 0 saturated heterocycles. The first-order chi connectivity index (χ1) is 28.3. The van der Waals surface area contributed by atoms with Gasteiger partial charge in [0, 0.05) is 68.8 Å². The number of hydrogen-bond donors (Lipinski definition) is 1. The molecule has 0 fully saturated rings. The number of nitrogens with one attached hydrogen (secondary N) is 1. The van der Waals surface area contributed by atoms with Crippen molar-refractivity contribution in [2.75, 3.05) is 34.4 Å². The molecule has 2 amide bonds. The van der Waals surface area contributed by atoms with Crippen LogP contribution in [0.3, 0.4) is 0 Å². The molecule has 6 heterocycles. The van der Waals surface area contributed by atoms with Gasteiger partial charge in [0.2, 0.25) is 22.7 Å². The molecule has 60 heavy (non-hydrogen) atoms. The molecule has 17 heteroatoms. The third-order valence-electron chi connectivity index (χ3n) is 11.6. The summed E-state index contributed by atoms with van der Waals surface area (Å²) in [5.41, 5.74) is 1.66. The van der Waals surface area contributed by atoms with Gasteiger partial charge in [0.25, 0.3) is 12.3 Å². The van der Waals surface area contributed by atoms with Crippen LogP contribution < -0.4 is 9.88 Å². The third-order valence-corrected chi connectivity index (χ3v) is 11.6. The van der Waals surface area contributed by atoms with Crippen LogP contribution in [-0.2, 0) is 48.8 Å². The molecule has 320 valence electrons. The Morgan fingerprint density at radius 2 is 1.88 bits per heavy atom. The third kappa shape index (κ3) is 8.00. The average molecular weight is 839 g/mol. The van der Waals surface area contributed by atoms with Gasteiger partial charge in [-0.05, 0) is 75.3 Å². The smallest absolute Gasteiger partial charge is 0.406 e. The molecule has 1 N–H and O–H groups in total. The summed E-state index contributed by atoms with van der Waals surface area (Å²) in [7, 11) is 4.96. The summed E-state index contributed by atoms with van der Waals surface area (Å²) < 4.78 is 87.9. The molecule has 3 aliphatic heterocycles. The number of ether oxygens (including phenoxy) is 2. The van der Waals surface area contributed by atoms with Gasteiger partial charge >= 0.3 is 12.1 Å². The maximum atomic E-state index is 14.9. The van der Waals surface area contributed by atoms with Gasteiger partial charge in [-0.3, -0.25) is 19.5 Å². The van der Waals surface area contributed by atoms with E-state index in [0.29, 0.717) is 40.0 Å². The molecule has 0 radical (unpaired) electrons. The minimum Gasteiger partial charge on any atom is -0.454 e. The van der Waals surface area contributed by atoms with Gasteiger partial charge in [-0.25, -0.2) is 18.6 Å². The molecule has 4 atom stereocenters. The van der Waals surface area contributed by atoms with E-state index in [1.807, 2.05) is 13.8 Å². The SMILES string of the molecule is COC(C)c1ncccc1-c1c2c3c(ccc4[n+]3C(C)(COC(=O)C3=NN(CCC3)C(=O)C(NC(=O)C(C(C)C)N(C)C)Cc3cc-4cc(C(F)F)c3)C2)n1CC(F)(F)F. The summed E-state index contributed by atoms with van der Waals surface area (Å²) in [5.74, 6) is -2.02. The predicted octanol–water partition coefficient (Wildman–Crippen LogP) is 6.29. The molecule has 0 saturated carbocycles. The van der Waals surface area contributed by atoms with Crippen LogP contribution in [0.4, 0.5) is 22.0 Å². The fourth-order valence-corrected chi connectivity index (χ4v) is 9.05. The van der Waals surface area contributed by atoms with Crippen molar-refractivity contribution in [3.63, 3.8) is 0 Å². The number of halogens is 5. The van der Waals surface area contributed by atoms with Crippen LogP contribution in [-0.4, -0.2) is 95.6 Å². The number of carbonyl (C=O) groups excluding carboxylic acids is 3. The van der Waals surface area contributed by atoms with Crippen molar-refractivity contribution in [3.8, 4) is 22.5 Å². The molecule has 3 aromatic heterocycles. The van der Waals surface area contributed by atoms with E-state index >= 15 is 0 Å². The highest BCUT2D eigenvalue weighted by Crippen LogP contribution is 2.44.